The van der Waals surface area contributed by atoms with E-state index in [-0.39, 0.29) is 22.6 Å². The van der Waals surface area contributed by atoms with Gasteiger partial charge < -0.3 is 9.47 Å². The average molecular weight is 366 g/mol. The van der Waals surface area contributed by atoms with Gasteiger partial charge >= 0.3 is 5.97 Å². The van der Waals surface area contributed by atoms with E-state index in [1.807, 2.05) is 0 Å². The molecule has 0 fully saturated rings. The minimum Gasteiger partial charge on any atom is -0.462 e. The van der Waals surface area contributed by atoms with Gasteiger partial charge in [0.25, 0.3) is 0 Å². The maximum Gasteiger partial charge on any atom is 0.338 e. The molecular formula is C12H16BrNO5S. The highest BCUT2D eigenvalue weighted by molar-refractivity contribution is 9.10. The molecule has 0 atom stereocenters. The summed E-state index contributed by atoms with van der Waals surface area (Å²) in [5.74, 6) is -0.593. The lowest BCUT2D eigenvalue weighted by atomic mass is 10.1. The SMILES string of the molecule is COCCCOC(=O)c1cc(Br)cc(S(N)(=O)=O)c1C. The van der Waals surface area contributed by atoms with Crippen LogP contribution in [-0.4, -0.2) is 34.7 Å². The third-order valence-corrected chi connectivity index (χ3v) is 4.07. The molecule has 2 N–H and O–H groups in total. The summed E-state index contributed by atoms with van der Waals surface area (Å²) < 4.78 is 33.3. The van der Waals surface area contributed by atoms with Crippen molar-refractivity contribution in [2.45, 2.75) is 18.2 Å². The summed E-state index contributed by atoms with van der Waals surface area (Å²) in [6, 6.07) is 2.86. The average Bonchev–Trinajstić information content (AvgIpc) is 2.35. The molecule has 0 aliphatic heterocycles. The Bertz CT molecular complexity index is 600. The Hall–Kier alpha value is -0.960. The number of methoxy groups -OCH3 is 1. The molecule has 0 amide bonds. The molecule has 0 bridgehead atoms. The van der Waals surface area contributed by atoms with E-state index in [1.165, 1.54) is 19.1 Å². The Morgan fingerprint density at radius 1 is 1.35 bits per heavy atom. The normalized spacial score (nSPS) is 11.4. The van der Waals surface area contributed by atoms with Gasteiger partial charge in [0.05, 0.1) is 17.1 Å². The van der Waals surface area contributed by atoms with Crippen molar-refractivity contribution >= 4 is 31.9 Å². The topological polar surface area (TPSA) is 95.7 Å². The second kappa shape index (κ2) is 7.16. The molecule has 0 radical (unpaired) electrons. The fourth-order valence-electron chi connectivity index (χ4n) is 1.61. The second-order valence-corrected chi connectivity index (χ2v) is 6.55. The summed E-state index contributed by atoms with van der Waals surface area (Å²) in [6.07, 6.45) is 0.567. The fourth-order valence-corrected chi connectivity index (χ4v) is 3.04. The maximum atomic E-state index is 11.9. The van der Waals surface area contributed by atoms with Crippen LogP contribution >= 0.6 is 15.9 Å². The van der Waals surface area contributed by atoms with Crippen molar-refractivity contribution in [2.75, 3.05) is 20.3 Å². The Morgan fingerprint density at radius 2 is 2.00 bits per heavy atom. The molecule has 0 aliphatic rings. The number of rotatable bonds is 6. The number of carbonyl (C=O) groups is 1. The molecule has 1 aromatic carbocycles. The number of benzene rings is 1. The lowest BCUT2D eigenvalue weighted by molar-refractivity contribution is 0.0467. The molecule has 0 saturated carbocycles. The van der Waals surface area contributed by atoms with Gasteiger partial charge in [-0.15, -0.1) is 0 Å². The zero-order valence-electron chi connectivity index (χ0n) is 11.2. The van der Waals surface area contributed by atoms with Gasteiger partial charge in [0.15, 0.2) is 0 Å². The van der Waals surface area contributed by atoms with Crippen LogP contribution in [0.2, 0.25) is 0 Å². The van der Waals surface area contributed by atoms with Crippen LogP contribution in [-0.2, 0) is 19.5 Å². The van der Waals surface area contributed by atoms with E-state index in [0.29, 0.717) is 17.5 Å². The van der Waals surface area contributed by atoms with Crippen LogP contribution in [0.1, 0.15) is 22.3 Å². The summed E-state index contributed by atoms with van der Waals surface area (Å²) in [5.41, 5.74) is 0.438. The van der Waals surface area contributed by atoms with Gasteiger partial charge in [-0.2, -0.15) is 0 Å². The third kappa shape index (κ3) is 4.55. The molecule has 0 spiro atoms. The second-order valence-electron chi connectivity index (χ2n) is 4.10. The molecule has 8 heteroatoms. The van der Waals surface area contributed by atoms with E-state index >= 15 is 0 Å². The van der Waals surface area contributed by atoms with Crippen LogP contribution in [0.15, 0.2) is 21.5 Å². The first-order valence-corrected chi connectivity index (χ1v) is 8.10. The molecule has 112 valence electrons. The number of halogens is 1. The minimum absolute atomic E-state index is 0.101. The van der Waals surface area contributed by atoms with Crippen molar-refractivity contribution in [2.24, 2.45) is 5.14 Å². The zero-order chi connectivity index (χ0) is 15.3. The van der Waals surface area contributed by atoms with E-state index in [9.17, 15) is 13.2 Å². The van der Waals surface area contributed by atoms with E-state index < -0.39 is 16.0 Å². The number of ether oxygens (including phenoxy) is 2. The number of sulfonamides is 1. The van der Waals surface area contributed by atoms with E-state index in [1.54, 1.807) is 7.11 Å². The fraction of sp³-hybridized carbons (Fsp3) is 0.417. The summed E-state index contributed by atoms with van der Waals surface area (Å²) in [6.45, 7) is 2.19. The lowest BCUT2D eigenvalue weighted by Crippen LogP contribution is -2.17. The standard InChI is InChI=1S/C12H16BrNO5S/c1-8-10(12(15)19-5-3-4-18-2)6-9(13)7-11(8)20(14,16)17/h6-7H,3-5H2,1-2H3,(H2,14,16,17). The third-order valence-electron chi connectivity index (χ3n) is 2.58. The van der Waals surface area contributed by atoms with Crippen LogP contribution in [0.3, 0.4) is 0 Å². The van der Waals surface area contributed by atoms with Crippen molar-refractivity contribution in [1.82, 2.24) is 0 Å². The predicted molar refractivity (Wildman–Crippen MR) is 77.0 cm³/mol. The summed E-state index contributed by atoms with van der Waals surface area (Å²) >= 11 is 3.15. The quantitative estimate of drug-likeness (QED) is 0.609. The van der Waals surface area contributed by atoms with Crippen LogP contribution in [0, 0.1) is 6.92 Å². The van der Waals surface area contributed by atoms with Gasteiger partial charge in [0, 0.05) is 24.6 Å². The van der Waals surface area contributed by atoms with Crippen LogP contribution in [0.25, 0.3) is 0 Å². The first kappa shape index (κ1) is 17.1. The van der Waals surface area contributed by atoms with Gasteiger partial charge in [-0.25, -0.2) is 18.4 Å². The van der Waals surface area contributed by atoms with E-state index in [2.05, 4.69) is 15.9 Å². The highest BCUT2D eigenvalue weighted by Crippen LogP contribution is 2.24. The summed E-state index contributed by atoms with van der Waals surface area (Å²) in [4.78, 5) is 11.8. The summed E-state index contributed by atoms with van der Waals surface area (Å²) in [7, 11) is -2.34. The first-order chi connectivity index (χ1) is 9.27. The molecule has 1 aromatic rings. The van der Waals surface area contributed by atoms with Crippen LogP contribution in [0.4, 0.5) is 0 Å². The number of primary sulfonamides is 1. The number of nitrogens with two attached hydrogens (primary N) is 1. The smallest absolute Gasteiger partial charge is 0.338 e. The van der Waals surface area contributed by atoms with Crippen molar-refractivity contribution in [3.05, 3.63) is 27.7 Å². The molecule has 1 rings (SSSR count). The lowest BCUT2D eigenvalue weighted by Gasteiger charge is -2.11. The Labute approximate surface area is 126 Å². The maximum absolute atomic E-state index is 11.9. The van der Waals surface area contributed by atoms with E-state index in [4.69, 9.17) is 14.6 Å². The predicted octanol–water partition coefficient (Wildman–Crippen LogP) is 1.60. The molecule has 0 aromatic heterocycles. The number of hydrogen-bond acceptors (Lipinski definition) is 5. The van der Waals surface area contributed by atoms with Gasteiger partial charge in [0.2, 0.25) is 10.0 Å². The largest absolute Gasteiger partial charge is 0.462 e. The van der Waals surface area contributed by atoms with Crippen LogP contribution in [0.5, 0.6) is 0 Å². The van der Waals surface area contributed by atoms with Crippen molar-refractivity contribution in [3.63, 3.8) is 0 Å². The minimum atomic E-state index is -3.90. The Kier molecular flexibility index (Phi) is 6.12. The molecule has 0 heterocycles. The molecular weight excluding hydrogens is 350 g/mol. The molecule has 0 saturated heterocycles. The molecule has 6 nitrogen and oxygen atoms in total. The number of carbonyl (C=O) groups excluding carboxylic acids is 1. The Morgan fingerprint density at radius 3 is 2.55 bits per heavy atom. The monoisotopic (exact) mass is 365 g/mol. The van der Waals surface area contributed by atoms with Crippen molar-refractivity contribution < 1.29 is 22.7 Å². The van der Waals surface area contributed by atoms with Crippen molar-refractivity contribution in [1.29, 1.82) is 0 Å². The van der Waals surface area contributed by atoms with Gasteiger partial charge in [-0.05, 0) is 24.6 Å². The van der Waals surface area contributed by atoms with Gasteiger partial charge in [-0.1, -0.05) is 15.9 Å². The highest BCUT2D eigenvalue weighted by atomic mass is 79.9. The van der Waals surface area contributed by atoms with E-state index in [0.717, 1.165) is 0 Å². The van der Waals surface area contributed by atoms with Crippen molar-refractivity contribution in [3.8, 4) is 0 Å². The molecule has 0 unspecified atom stereocenters. The van der Waals surface area contributed by atoms with Gasteiger partial charge in [-0.3, -0.25) is 0 Å². The van der Waals surface area contributed by atoms with Crippen LogP contribution < -0.4 is 5.14 Å². The first-order valence-electron chi connectivity index (χ1n) is 5.76. The Balaban J connectivity index is 3.01. The zero-order valence-corrected chi connectivity index (χ0v) is 13.6. The number of esters is 1. The summed E-state index contributed by atoms with van der Waals surface area (Å²) in [5, 5.41) is 5.12. The molecule has 0 aliphatic carbocycles. The number of hydrogen-bond donors (Lipinski definition) is 1. The highest BCUT2D eigenvalue weighted by Gasteiger charge is 2.20. The van der Waals surface area contributed by atoms with Gasteiger partial charge in [0.1, 0.15) is 0 Å². The molecule has 20 heavy (non-hydrogen) atoms.